The molecule has 1 aromatic carbocycles. The second-order valence-electron chi connectivity index (χ2n) is 10.9. The van der Waals surface area contributed by atoms with E-state index in [2.05, 4.69) is 15.1 Å². The molecule has 2 bridgehead atoms. The first-order chi connectivity index (χ1) is 20.2. The summed E-state index contributed by atoms with van der Waals surface area (Å²) in [5, 5.41) is 4.39. The Morgan fingerprint density at radius 3 is 2.40 bits per heavy atom. The molecule has 13 heteroatoms. The summed E-state index contributed by atoms with van der Waals surface area (Å²) in [6, 6.07) is 13.4. The van der Waals surface area contributed by atoms with Crippen molar-refractivity contribution in [3.05, 3.63) is 83.1 Å². The van der Waals surface area contributed by atoms with Gasteiger partial charge in [0.25, 0.3) is 5.91 Å². The number of nitrogens with two attached hydrogens (primary N) is 1. The lowest BCUT2D eigenvalue weighted by Crippen LogP contribution is -2.46. The maximum absolute atomic E-state index is 13.2. The van der Waals surface area contributed by atoms with Crippen molar-refractivity contribution >= 4 is 27.2 Å². The number of fused-ring (bicyclic) bond motifs is 3. The summed E-state index contributed by atoms with van der Waals surface area (Å²) in [5.74, 6) is -1.25. The Morgan fingerprint density at radius 1 is 1.05 bits per heavy atom. The molecule has 1 amide bonds. The monoisotopic (exact) mass is 585 g/mol. The van der Waals surface area contributed by atoms with Crippen LogP contribution in [0.3, 0.4) is 0 Å². The zero-order chi connectivity index (χ0) is 29.2. The zero-order valence-electron chi connectivity index (χ0n) is 22.6. The second kappa shape index (κ2) is 9.65. The number of rotatable bonds is 5. The van der Waals surface area contributed by atoms with Crippen LogP contribution in [0.4, 0.5) is 5.82 Å². The minimum atomic E-state index is -3.77. The van der Waals surface area contributed by atoms with E-state index in [0.29, 0.717) is 29.7 Å². The molecular weight excluding hydrogens is 558 g/mol. The van der Waals surface area contributed by atoms with Crippen molar-refractivity contribution in [2.45, 2.75) is 48.6 Å². The highest BCUT2D eigenvalue weighted by Gasteiger charge is 2.46. The lowest BCUT2D eigenvalue weighted by atomic mass is 9.87. The van der Waals surface area contributed by atoms with Crippen LogP contribution < -0.4 is 11.5 Å². The van der Waals surface area contributed by atoms with Gasteiger partial charge in [-0.05, 0) is 31.7 Å². The third-order valence-corrected chi connectivity index (χ3v) is 9.44. The molecule has 0 spiro atoms. The third kappa shape index (κ3) is 4.28. The molecule has 2 saturated heterocycles. The molecule has 4 aromatic heterocycles. The first-order valence-corrected chi connectivity index (χ1v) is 15.5. The number of pyridine rings is 1. The van der Waals surface area contributed by atoms with Gasteiger partial charge < -0.3 is 15.1 Å². The number of hydrogen-bond acceptors (Lipinski definition) is 9. The summed E-state index contributed by atoms with van der Waals surface area (Å²) in [6.45, 7) is 0. The summed E-state index contributed by atoms with van der Waals surface area (Å²) in [6.07, 6.45) is 8.15. The number of oxazole rings is 1. The molecule has 0 radical (unpaired) electrons. The highest BCUT2D eigenvalue weighted by Crippen LogP contribution is 2.45. The van der Waals surface area contributed by atoms with E-state index in [1.807, 2.05) is 42.5 Å². The van der Waals surface area contributed by atoms with Crippen molar-refractivity contribution < 1.29 is 17.6 Å². The molecule has 0 unspecified atom stereocenters. The number of amides is 1. The van der Waals surface area contributed by atoms with E-state index in [-0.39, 0.29) is 40.3 Å². The Bertz CT molecular complexity index is 1980. The van der Waals surface area contributed by atoms with Crippen LogP contribution in [0.5, 0.6) is 0 Å². The Labute approximate surface area is 240 Å². The van der Waals surface area contributed by atoms with Crippen LogP contribution in [0.2, 0.25) is 0 Å². The molecule has 2 aliphatic heterocycles. The fraction of sp³-hybridized carbons (Fsp3) is 0.276. The zero-order valence-corrected chi connectivity index (χ0v) is 23.4. The standard InChI is InChI=1S/C29H27N7O5S/c1-42(39,40)25-24(18-11-19-8-9-20(12-18)35(19)28(37)23-15-41-29(38)33-23)34-27-21(14-32-36(27)26(25)30)17-7-10-22(31-13-17)16-5-3-2-4-6-16/h2-7,10,13-15,18-20H,8-9,11-12,30H2,1H3,(H,33,38)/t18-,19+,20-. The van der Waals surface area contributed by atoms with Gasteiger partial charge in [-0.1, -0.05) is 36.4 Å². The number of aromatic amines is 1. The van der Waals surface area contributed by atoms with E-state index in [0.717, 1.165) is 42.2 Å². The molecule has 2 fully saturated rings. The Hall–Kier alpha value is -4.78. The number of benzene rings is 1. The van der Waals surface area contributed by atoms with Gasteiger partial charge in [0.2, 0.25) is 0 Å². The number of aromatic nitrogens is 5. The van der Waals surface area contributed by atoms with Crippen LogP contribution in [-0.2, 0) is 9.84 Å². The number of nitrogen functional groups attached to an aromatic ring is 1. The predicted octanol–water partition coefficient (Wildman–Crippen LogP) is 3.28. The number of anilines is 1. The molecule has 3 N–H and O–H groups in total. The highest BCUT2D eigenvalue weighted by molar-refractivity contribution is 7.91. The van der Waals surface area contributed by atoms with E-state index in [1.54, 1.807) is 17.3 Å². The van der Waals surface area contributed by atoms with Gasteiger partial charge in [-0.3, -0.25) is 14.8 Å². The van der Waals surface area contributed by atoms with Gasteiger partial charge in [-0.15, -0.1) is 0 Å². The van der Waals surface area contributed by atoms with Gasteiger partial charge in [-0.2, -0.15) is 9.61 Å². The molecule has 6 heterocycles. The van der Waals surface area contributed by atoms with Crippen molar-refractivity contribution in [2.24, 2.45) is 0 Å². The average Bonchev–Trinajstić information content (AvgIpc) is 3.68. The number of sulfone groups is 1. The number of nitrogens with zero attached hydrogens (tertiary/aromatic N) is 5. The van der Waals surface area contributed by atoms with Gasteiger partial charge in [0.15, 0.2) is 15.5 Å². The van der Waals surface area contributed by atoms with Crippen LogP contribution in [-0.4, -0.2) is 62.1 Å². The summed E-state index contributed by atoms with van der Waals surface area (Å²) < 4.78 is 32.3. The van der Waals surface area contributed by atoms with Gasteiger partial charge in [0.05, 0.1) is 17.6 Å². The number of carbonyl (C=O) groups is 1. The molecule has 0 aliphatic carbocycles. The van der Waals surface area contributed by atoms with E-state index in [1.165, 1.54) is 4.52 Å². The maximum Gasteiger partial charge on any atom is 0.416 e. The van der Waals surface area contributed by atoms with Crippen molar-refractivity contribution in [1.82, 2.24) is 29.5 Å². The summed E-state index contributed by atoms with van der Waals surface area (Å²) in [5.41, 5.74) is 10.7. The first kappa shape index (κ1) is 26.1. The first-order valence-electron chi connectivity index (χ1n) is 13.6. The van der Waals surface area contributed by atoms with E-state index >= 15 is 0 Å². The van der Waals surface area contributed by atoms with Gasteiger partial charge in [-0.25, -0.2) is 18.2 Å². The van der Waals surface area contributed by atoms with Crippen LogP contribution >= 0.6 is 0 Å². The van der Waals surface area contributed by atoms with Gasteiger partial charge in [0.1, 0.15) is 22.7 Å². The lowest BCUT2D eigenvalue weighted by Gasteiger charge is -2.39. The van der Waals surface area contributed by atoms with Gasteiger partial charge >= 0.3 is 5.76 Å². The molecule has 214 valence electrons. The number of piperidine rings is 1. The topological polar surface area (TPSA) is 170 Å². The highest BCUT2D eigenvalue weighted by atomic mass is 32.2. The predicted molar refractivity (Wildman–Crippen MR) is 153 cm³/mol. The molecule has 3 atom stereocenters. The number of carbonyl (C=O) groups excluding carboxylic acids is 1. The molecule has 2 aliphatic rings. The maximum atomic E-state index is 13.2. The number of hydrogen-bond donors (Lipinski definition) is 2. The molecular formula is C29H27N7O5S. The van der Waals surface area contributed by atoms with Crippen LogP contribution in [0.25, 0.3) is 28.0 Å². The van der Waals surface area contributed by atoms with Gasteiger partial charge in [0, 0.05) is 47.1 Å². The lowest BCUT2D eigenvalue weighted by molar-refractivity contribution is 0.0562. The second-order valence-corrected chi connectivity index (χ2v) is 12.9. The minimum Gasteiger partial charge on any atom is -0.416 e. The van der Waals surface area contributed by atoms with E-state index in [4.69, 9.17) is 15.1 Å². The van der Waals surface area contributed by atoms with Crippen molar-refractivity contribution in [2.75, 3.05) is 12.0 Å². The van der Waals surface area contributed by atoms with Crippen LogP contribution in [0.1, 0.15) is 47.8 Å². The summed E-state index contributed by atoms with van der Waals surface area (Å²) >= 11 is 0. The van der Waals surface area contributed by atoms with E-state index in [9.17, 15) is 18.0 Å². The molecule has 5 aromatic rings. The minimum absolute atomic E-state index is 0.000518. The third-order valence-electron chi connectivity index (χ3n) is 8.28. The van der Waals surface area contributed by atoms with E-state index < -0.39 is 15.6 Å². The smallest absolute Gasteiger partial charge is 0.416 e. The van der Waals surface area contributed by atoms with Crippen LogP contribution in [0.15, 0.2) is 75.2 Å². The van der Waals surface area contributed by atoms with Crippen molar-refractivity contribution in [1.29, 1.82) is 0 Å². The fourth-order valence-corrected chi connectivity index (χ4v) is 7.53. The molecule has 0 saturated carbocycles. The normalized spacial score (nSPS) is 20.3. The number of nitrogens with one attached hydrogen (secondary N) is 1. The largest absolute Gasteiger partial charge is 0.416 e. The Kier molecular flexibility index (Phi) is 6.01. The van der Waals surface area contributed by atoms with Crippen molar-refractivity contribution in [3.8, 4) is 22.4 Å². The van der Waals surface area contributed by atoms with Crippen molar-refractivity contribution in [3.63, 3.8) is 0 Å². The molecule has 12 nitrogen and oxygen atoms in total. The quantitative estimate of drug-likeness (QED) is 0.314. The van der Waals surface area contributed by atoms with Crippen LogP contribution in [0, 0.1) is 0 Å². The fourth-order valence-electron chi connectivity index (χ4n) is 6.47. The summed E-state index contributed by atoms with van der Waals surface area (Å²) in [4.78, 5) is 38.4. The molecule has 42 heavy (non-hydrogen) atoms. The number of H-pyrrole nitrogens is 1. The Balaban J connectivity index is 1.28. The molecule has 7 rings (SSSR count). The Morgan fingerprint density at radius 2 is 1.79 bits per heavy atom. The average molecular weight is 586 g/mol. The summed E-state index contributed by atoms with van der Waals surface area (Å²) in [7, 11) is -3.77. The SMILES string of the molecule is CS(=O)(=O)c1c([C@H]2C[C@H]3CC[C@@H](C2)N3C(=O)c2coc(=O)[nH]2)nc2c(-c3ccc(-c4ccccc4)nc3)cnn2c1N.